The van der Waals surface area contributed by atoms with Crippen LogP contribution in [0.2, 0.25) is 0 Å². The molecule has 0 bridgehead atoms. The Bertz CT molecular complexity index is 793. The first-order valence-corrected chi connectivity index (χ1v) is 7.19. The van der Waals surface area contributed by atoms with E-state index >= 15 is 0 Å². The summed E-state index contributed by atoms with van der Waals surface area (Å²) in [5.41, 5.74) is -0.301. The molecule has 1 heterocycles. The maximum atomic E-state index is 12.4. The summed E-state index contributed by atoms with van der Waals surface area (Å²) >= 11 is 0. The molecule has 0 saturated heterocycles. The summed E-state index contributed by atoms with van der Waals surface area (Å²) in [6.07, 6.45) is 0.672. The number of hydrogen-bond donors (Lipinski definition) is 2. The molecule has 2 N–H and O–H groups in total. The molecule has 0 aliphatic carbocycles. The van der Waals surface area contributed by atoms with Crippen molar-refractivity contribution in [3.05, 3.63) is 33.7 Å². The van der Waals surface area contributed by atoms with E-state index in [0.29, 0.717) is 17.4 Å². The van der Waals surface area contributed by atoms with Crippen molar-refractivity contribution in [1.82, 2.24) is 0 Å². The highest BCUT2D eigenvalue weighted by Gasteiger charge is 2.25. The largest absolute Gasteiger partial charge is 0.507 e. The van der Waals surface area contributed by atoms with E-state index in [2.05, 4.69) is 0 Å². The van der Waals surface area contributed by atoms with Crippen molar-refractivity contribution in [2.45, 2.75) is 40.5 Å². The van der Waals surface area contributed by atoms with E-state index in [0.717, 1.165) is 0 Å². The van der Waals surface area contributed by atoms with Gasteiger partial charge in [0.15, 0.2) is 5.78 Å². The number of aryl methyl sites for hydroxylation is 1. The van der Waals surface area contributed by atoms with Crippen LogP contribution in [0.5, 0.6) is 11.5 Å². The molecule has 0 saturated carbocycles. The minimum absolute atomic E-state index is 0.0756. The van der Waals surface area contributed by atoms with E-state index in [9.17, 15) is 19.8 Å². The molecule has 1 aromatic heterocycles. The summed E-state index contributed by atoms with van der Waals surface area (Å²) in [4.78, 5) is 23.9. The lowest BCUT2D eigenvalue weighted by Gasteiger charge is -2.18. The Labute approximate surface area is 128 Å². The number of Topliss-reactive ketones (excluding diaryl/α,β-unsaturated/α-hetero) is 1. The molecule has 0 aliphatic heterocycles. The summed E-state index contributed by atoms with van der Waals surface area (Å²) in [7, 11) is 0. The minimum Gasteiger partial charge on any atom is -0.507 e. The molecular formula is C17H20O5. The second-order valence-corrected chi connectivity index (χ2v) is 6.60. The predicted octanol–water partition coefficient (Wildman–Crippen LogP) is 3.39. The Morgan fingerprint density at radius 3 is 2.41 bits per heavy atom. The highest BCUT2D eigenvalue weighted by atomic mass is 16.4. The van der Waals surface area contributed by atoms with Crippen molar-refractivity contribution >= 4 is 16.8 Å². The van der Waals surface area contributed by atoms with Gasteiger partial charge in [-0.05, 0) is 17.4 Å². The van der Waals surface area contributed by atoms with Crippen LogP contribution in [0.25, 0.3) is 11.0 Å². The molecule has 5 nitrogen and oxygen atoms in total. The molecule has 118 valence electrons. The van der Waals surface area contributed by atoms with Gasteiger partial charge in [-0.3, -0.25) is 4.79 Å². The summed E-state index contributed by atoms with van der Waals surface area (Å²) in [5.74, 6) is -1.06. The normalized spacial score (nSPS) is 11.8. The van der Waals surface area contributed by atoms with E-state index in [1.54, 1.807) is 0 Å². The van der Waals surface area contributed by atoms with Gasteiger partial charge >= 0.3 is 5.63 Å². The van der Waals surface area contributed by atoms with E-state index in [4.69, 9.17) is 4.42 Å². The van der Waals surface area contributed by atoms with E-state index in [1.165, 1.54) is 12.1 Å². The number of aromatic hydroxyl groups is 2. The molecule has 2 rings (SSSR count). The molecule has 2 aromatic rings. The number of ketones is 1. The standard InChI is InChI=1S/C17H20O5/c1-5-9-6-13(20)22-12-7-10(18)15(16(21)14(9)12)11(19)8-17(2,3)4/h6-7,18,21H,5,8H2,1-4H3. The van der Waals surface area contributed by atoms with Crippen molar-refractivity contribution in [1.29, 1.82) is 0 Å². The van der Waals surface area contributed by atoms with Crippen LogP contribution in [0.4, 0.5) is 0 Å². The SMILES string of the molecule is CCc1cc(=O)oc2cc(O)c(C(=O)CC(C)(C)C)c(O)c12. The summed E-state index contributed by atoms with van der Waals surface area (Å²) in [6.45, 7) is 7.53. The Kier molecular flexibility index (Phi) is 4.00. The number of fused-ring (bicyclic) bond motifs is 1. The molecule has 0 atom stereocenters. The van der Waals surface area contributed by atoms with Gasteiger partial charge in [0.1, 0.15) is 22.6 Å². The highest BCUT2D eigenvalue weighted by Crippen LogP contribution is 2.39. The van der Waals surface area contributed by atoms with E-state index in [1.807, 2.05) is 27.7 Å². The Balaban J connectivity index is 2.74. The Morgan fingerprint density at radius 1 is 1.23 bits per heavy atom. The number of carbonyl (C=O) groups excluding carboxylic acids is 1. The highest BCUT2D eigenvalue weighted by molar-refractivity contribution is 6.07. The third-order valence-electron chi connectivity index (χ3n) is 3.42. The number of rotatable bonds is 3. The third kappa shape index (κ3) is 2.98. The number of carbonyl (C=O) groups is 1. The van der Waals surface area contributed by atoms with Crippen molar-refractivity contribution in [3.8, 4) is 11.5 Å². The molecule has 0 spiro atoms. The van der Waals surface area contributed by atoms with E-state index in [-0.39, 0.29) is 40.3 Å². The van der Waals surface area contributed by atoms with Gasteiger partial charge < -0.3 is 14.6 Å². The molecule has 0 amide bonds. The lowest BCUT2D eigenvalue weighted by atomic mass is 9.87. The zero-order valence-electron chi connectivity index (χ0n) is 13.2. The first kappa shape index (κ1) is 16.1. The molecular weight excluding hydrogens is 284 g/mol. The van der Waals surface area contributed by atoms with Crippen LogP contribution in [-0.2, 0) is 6.42 Å². The smallest absolute Gasteiger partial charge is 0.336 e. The van der Waals surface area contributed by atoms with Crippen LogP contribution in [0.15, 0.2) is 21.3 Å². The number of hydrogen-bond acceptors (Lipinski definition) is 5. The first-order valence-electron chi connectivity index (χ1n) is 7.19. The van der Waals surface area contributed by atoms with Crippen LogP contribution >= 0.6 is 0 Å². The maximum Gasteiger partial charge on any atom is 0.336 e. The molecule has 5 heteroatoms. The number of phenolic OH excluding ortho intramolecular Hbond substituents is 2. The monoisotopic (exact) mass is 304 g/mol. The van der Waals surface area contributed by atoms with Gasteiger partial charge in [-0.1, -0.05) is 27.7 Å². The quantitative estimate of drug-likeness (QED) is 0.670. The lowest BCUT2D eigenvalue weighted by molar-refractivity contribution is 0.0935. The Morgan fingerprint density at radius 2 is 1.86 bits per heavy atom. The summed E-state index contributed by atoms with van der Waals surface area (Å²) in [6, 6.07) is 2.50. The topological polar surface area (TPSA) is 87.7 Å². The first-order chi connectivity index (χ1) is 10.1. The van der Waals surface area contributed by atoms with Crippen LogP contribution in [0.3, 0.4) is 0 Å². The third-order valence-corrected chi connectivity index (χ3v) is 3.42. The molecule has 0 aliphatic rings. The maximum absolute atomic E-state index is 12.4. The van der Waals surface area contributed by atoms with E-state index < -0.39 is 5.63 Å². The van der Waals surface area contributed by atoms with Crippen LogP contribution in [-0.4, -0.2) is 16.0 Å². The van der Waals surface area contributed by atoms with Crippen molar-refractivity contribution < 1.29 is 19.4 Å². The van der Waals surface area contributed by atoms with Gasteiger partial charge in [-0.15, -0.1) is 0 Å². The zero-order valence-corrected chi connectivity index (χ0v) is 13.2. The average Bonchev–Trinajstić information content (AvgIpc) is 2.34. The lowest BCUT2D eigenvalue weighted by Crippen LogP contribution is -2.13. The average molecular weight is 304 g/mol. The van der Waals surface area contributed by atoms with Gasteiger partial charge in [0.25, 0.3) is 0 Å². The van der Waals surface area contributed by atoms with Crippen molar-refractivity contribution in [2.75, 3.05) is 0 Å². The van der Waals surface area contributed by atoms with Gasteiger partial charge in [0, 0.05) is 18.6 Å². The molecule has 0 fully saturated rings. The molecule has 0 radical (unpaired) electrons. The molecule has 0 unspecified atom stereocenters. The van der Waals surface area contributed by atoms with Gasteiger partial charge in [-0.2, -0.15) is 0 Å². The second-order valence-electron chi connectivity index (χ2n) is 6.60. The number of benzene rings is 1. The molecule has 1 aromatic carbocycles. The minimum atomic E-state index is -0.558. The van der Waals surface area contributed by atoms with Crippen LogP contribution < -0.4 is 5.63 Å². The number of phenols is 2. The van der Waals surface area contributed by atoms with Crippen molar-refractivity contribution in [3.63, 3.8) is 0 Å². The van der Waals surface area contributed by atoms with Crippen LogP contribution in [0, 0.1) is 5.41 Å². The zero-order chi connectivity index (χ0) is 16.7. The Hall–Kier alpha value is -2.30. The van der Waals surface area contributed by atoms with Gasteiger partial charge in [0.2, 0.25) is 0 Å². The molecule has 22 heavy (non-hydrogen) atoms. The fourth-order valence-corrected chi connectivity index (χ4v) is 2.50. The predicted molar refractivity (Wildman–Crippen MR) is 83.6 cm³/mol. The van der Waals surface area contributed by atoms with Gasteiger partial charge in [-0.25, -0.2) is 4.79 Å². The fraction of sp³-hybridized carbons (Fsp3) is 0.412. The summed E-state index contributed by atoms with van der Waals surface area (Å²) < 4.78 is 5.01. The summed E-state index contributed by atoms with van der Waals surface area (Å²) in [5, 5.41) is 20.8. The second kappa shape index (κ2) is 5.48. The van der Waals surface area contributed by atoms with Crippen molar-refractivity contribution in [2.24, 2.45) is 5.41 Å². The van der Waals surface area contributed by atoms with Gasteiger partial charge in [0.05, 0.1) is 5.39 Å². The van der Waals surface area contributed by atoms with Crippen LogP contribution in [0.1, 0.15) is 50.0 Å². The fourth-order valence-electron chi connectivity index (χ4n) is 2.50.